The third-order valence-electron chi connectivity index (χ3n) is 7.01. The Morgan fingerprint density at radius 2 is 2.03 bits per heavy atom. The van der Waals surface area contributed by atoms with Crippen LogP contribution in [-0.2, 0) is 24.4 Å². The van der Waals surface area contributed by atoms with Crippen molar-refractivity contribution in [3.05, 3.63) is 87.2 Å². The van der Waals surface area contributed by atoms with Gasteiger partial charge in [0.05, 0.1) is 18.7 Å². The molecule has 4 aromatic rings. The van der Waals surface area contributed by atoms with Crippen molar-refractivity contribution < 1.29 is 9.13 Å². The van der Waals surface area contributed by atoms with Crippen LogP contribution in [0.25, 0.3) is 10.9 Å². The highest BCUT2D eigenvalue weighted by molar-refractivity contribution is 5.79. The van der Waals surface area contributed by atoms with Gasteiger partial charge in [-0.15, -0.1) is 5.10 Å². The molecule has 194 valence electrons. The summed E-state index contributed by atoms with van der Waals surface area (Å²) in [5, 5.41) is 13.7. The molecule has 2 aromatic carbocycles. The monoisotopic (exact) mass is 504 g/mol. The molecule has 1 fully saturated rings. The van der Waals surface area contributed by atoms with Crippen LogP contribution in [0.2, 0.25) is 0 Å². The molecule has 2 aromatic heterocycles. The summed E-state index contributed by atoms with van der Waals surface area (Å²) < 4.78 is 21.3. The Labute approximate surface area is 215 Å². The number of fused-ring (bicyclic) bond motifs is 1. The van der Waals surface area contributed by atoms with E-state index in [9.17, 15) is 9.18 Å². The minimum atomic E-state index is -0.276. The molecule has 1 aliphatic rings. The summed E-state index contributed by atoms with van der Waals surface area (Å²) in [6.45, 7) is 6.41. The number of H-pyrrole nitrogens is 1. The zero-order valence-electron chi connectivity index (χ0n) is 21.4. The minimum absolute atomic E-state index is 0.0989. The van der Waals surface area contributed by atoms with Crippen LogP contribution in [0.5, 0.6) is 0 Å². The van der Waals surface area contributed by atoms with E-state index >= 15 is 0 Å². The highest BCUT2D eigenvalue weighted by Gasteiger charge is 2.28. The molecule has 37 heavy (non-hydrogen) atoms. The number of rotatable bonds is 10. The standard InChI is InChI=1S/C28H33FN6O2/c1-3-5-26(27-31-32-33-35(27)18-24-6-4-13-37-24)34(16-20-8-11-23(29)12-9-20)17-22-15-21-10-7-19(2)14-25(21)30-28(22)36/h7-12,14-15,24,26H,3-6,13,16-18H2,1-2H3,(H,30,36)/t24-,26-/m1/s1. The van der Waals surface area contributed by atoms with Gasteiger partial charge in [0, 0.05) is 30.8 Å². The first kappa shape index (κ1) is 25.2. The maximum Gasteiger partial charge on any atom is 0.252 e. The van der Waals surface area contributed by atoms with Gasteiger partial charge in [-0.3, -0.25) is 9.69 Å². The van der Waals surface area contributed by atoms with Gasteiger partial charge in [-0.25, -0.2) is 9.07 Å². The van der Waals surface area contributed by atoms with Crippen LogP contribution >= 0.6 is 0 Å². The van der Waals surface area contributed by atoms with E-state index in [2.05, 4.69) is 32.3 Å². The zero-order chi connectivity index (χ0) is 25.8. The second kappa shape index (κ2) is 11.3. The molecule has 5 rings (SSSR count). The van der Waals surface area contributed by atoms with Gasteiger partial charge in [-0.05, 0) is 77.4 Å². The molecule has 0 radical (unpaired) electrons. The summed E-state index contributed by atoms with van der Waals surface area (Å²) in [6, 6.07) is 14.4. The summed E-state index contributed by atoms with van der Waals surface area (Å²) in [5.41, 5.74) is 3.42. The molecule has 0 aliphatic carbocycles. The molecule has 0 unspecified atom stereocenters. The van der Waals surface area contributed by atoms with E-state index < -0.39 is 0 Å². The lowest BCUT2D eigenvalue weighted by atomic mass is 10.0. The summed E-state index contributed by atoms with van der Waals surface area (Å²) in [4.78, 5) is 18.4. The minimum Gasteiger partial charge on any atom is -0.376 e. The number of benzene rings is 2. The Balaban J connectivity index is 1.51. The molecule has 0 spiro atoms. The molecule has 0 amide bonds. The SMILES string of the molecule is CCC[C@H](c1nnnn1C[C@H]1CCCO1)N(Cc1ccc(F)cc1)Cc1cc2ccc(C)cc2[nH]c1=O. The molecule has 8 nitrogen and oxygen atoms in total. The average molecular weight is 505 g/mol. The molecule has 2 atom stereocenters. The summed E-state index contributed by atoms with van der Waals surface area (Å²) in [5.74, 6) is 0.481. The number of pyridine rings is 1. The van der Waals surface area contributed by atoms with Gasteiger partial charge in [-0.2, -0.15) is 0 Å². The normalized spacial score (nSPS) is 16.6. The maximum atomic E-state index is 13.6. The molecule has 9 heteroatoms. The Morgan fingerprint density at radius 1 is 1.19 bits per heavy atom. The summed E-state index contributed by atoms with van der Waals surface area (Å²) >= 11 is 0. The van der Waals surface area contributed by atoms with Crippen LogP contribution in [0.4, 0.5) is 4.39 Å². The quantitative estimate of drug-likeness (QED) is 0.337. The Bertz CT molecular complexity index is 1390. The number of ether oxygens (including phenoxy) is 1. The fourth-order valence-electron chi connectivity index (χ4n) is 5.11. The number of aromatic nitrogens is 5. The lowest BCUT2D eigenvalue weighted by Crippen LogP contribution is -2.33. The molecule has 1 N–H and O–H groups in total. The number of aryl methyl sites for hydroxylation is 1. The van der Waals surface area contributed by atoms with Crippen molar-refractivity contribution >= 4 is 10.9 Å². The molecule has 3 heterocycles. The number of nitrogens with one attached hydrogen (secondary N) is 1. The van der Waals surface area contributed by atoms with E-state index in [1.807, 2.05) is 35.9 Å². The fourth-order valence-corrected chi connectivity index (χ4v) is 5.11. The van der Waals surface area contributed by atoms with Crippen LogP contribution in [0.1, 0.15) is 61.2 Å². The lowest BCUT2D eigenvalue weighted by Gasteiger charge is -2.31. The largest absolute Gasteiger partial charge is 0.376 e. The van der Waals surface area contributed by atoms with Gasteiger partial charge >= 0.3 is 0 Å². The number of halogens is 1. The van der Waals surface area contributed by atoms with Crippen molar-refractivity contribution in [1.82, 2.24) is 30.1 Å². The second-order valence-corrected chi connectivity index (χ2v) is 9.90. The Kier molecular flexibility index (Phi) is 7.71. The van der Waals surface area contributed by atoms with E-state index in [4.69, 9.17) is 4.74 Å². The van der Waals surface area contributed by atoms with Gasteiger partial charge < -0.3 is 9.72 Å². The fraction of sp³-hybridized carbons (Fsp3) is 0.429. The maximum absolute atomic E-state index is 13.6. The predicted molar refractivity (Wildman–Crippen MR) is 139 cm³/mol. The van der Waals surface area contributed by atoms with Gasteiger partial charge in [0.15, 0.2) is 5.82 Å². The summed E-state index contributed by atoms with van der Waals surface area (Å²) in [7, 11) is 0. The predicted octanol–water partition coefficient (Wildman–Crippen LogP) is 4.68. The first-order valence-corrected chi connectivity index (χ1v) is 13.0. The van der Waals surface area contributed by atoms with Crippen molar-refractivity contribution in [3.63, 3.8) is 0 Å². The second-order valence-electron chi connectivity index (χ2n) is 9.90. The number of hydrogen-bond donors (Lipinski definition) is 1. The van der Waals surface area contributed by atoms with Gasteiger partial charge in [0.25, 0.3) is 5.56 Å². The van der Waals surface area contributed by atoms with Crippen LogP contribution in [-0.4, -0.2) is 42.8 Å². The van der Waals surface area contributed by atoms with E-state index in [0.717, 1.165) is 60.1 Å². The third-order valence-corrected chi connectivity index (χ3v) is 7.01. The van der Waals surface area contributed by atoms with Gasteiger partial charge in [0.2, 0.25) is 0 Å². The topological polar surface area (TPSA) is 88.9 Å². The summed E-state index contributed by atoms with van der Waals surface area (Å²) in [6.07, 6.45) is 3.84. The zero-order valence-corrected chi connectivity index (χ0v) is 21.4. The van der Waals surface area contributed by atoms with Gasteiger partial charge in [-0.1, -0.05) is 37.6 Å². The Morgan fingerprint density at radius 3 is 2.78 bits per heavy atom. The molecule has 0 saturated carbocycles. The smallest absolute Gasteiger partial charge is 0.252 e. The third kappa shape index (κ3) is 5.94. The molecular weight excluding hydrogens is 471 g/mol. The van der Waals surface area contributed by atoms with E-state index in [1.54, 1.807) is 12.1 Å². The molecule has 1 aliphatic heterocycles. The molecular formula is C28H33FN6O2. The van der Waals surface area contributed by atoms with E-state index in [-0.39, 0.29) is 23.5 Å². The van der Waals surface area contributed by atoms with Crippen LogP contribution in [0.3, 0.4) is 0 Å². The number of tetrazole rings is 1. The Hall–Kier alpha value is -3.43. The number of hydrogen-bond acceptors (Lipinski definition) is 6. The van der Waals surface area contributed by atoms with E-state index in [0.29, 0.717) is 25.2 Å². The van der Waals surface area contributed by atoms with Crippen molar-refractivity contribution in [2.24, 2.45) is 0 Å². The van der Waals surface area contributed by atoms with Crippen molar-refractivity contribution in [2.75, 3.05) is 6.61 Å². The van der Waals surface area contributed by atoms with Crippen LogP contribution in [0, 0.1) is 12.7 Å². The van der Waals surface area contributed by atoms with Crippen molar-refractivity contribution in [1.29, 1.82) is 0 Å². The average Bonchev–Trinajstić information content (AvgIpc) is 3.57. The first-order chi connectivity index (χ1) is 18.0. The van der Waals surface area contributed by atoms with E-state index in [1.165, 1.54) is 12.1 Å². The number of aromatic amines is 1. The highest BCUT2D eigenvalue weighted by Crippen LogP contribution is 2.29. The molecule has 0 bridgehead atoms. The van der Waals surface area contributed by atoms with Crippen LogP contribution < -0.4 is 5.56 Å². The lowest BCUT2D eigenvalue weighted by molar-refractivity contribution is 0.0885. The van der Waals surface area contributed by atoms with Crippen molar-refractivity contribution in [2.45, 2.75) is 71.3 Å². The first-order valence-electron chi connectivity index (χ1n) is 13.0. The van der Waals surface area contributed by atoms with Crippen molar-refractivity contribution in [3.8, 4) is 0 Å². The van der Waals surface area contributed by atoms with Crippen LogP contribution in [0.15, 0.2) is 53.3 Å². The highest BCUT2D eigenvalue weighted by atomic mass is 19.1. The molecule has 1 saturated heterocycles. The number of nitrogens with zero attached hydrogens (tertiary/aromatic N) is 5. The van der Waals surface area contributed by atoms with Gasteiger partial charge in [0.1, 0.15) is 5.82 Å².